The monoisotopic (exact) mass is 302 g/mol. The number of nitrogens with zero attached hydrogens (tertiary/aromatic N) is 3. The molecule has 4 nitrogen and oxygen atoms in total. The Kier molecular flexibility index (Phi) is 9.12. The van der Waals surface area contributed by atoms with Crippen LogP contribution < -0.4 is 4.90 Å². The molecule has 4 heteroatoms. The molecule has 1 N–H and O–H groups in total. The van der Waals surface area contributed by atoms with Gasteiger partial charge >= 0.3 is 0 Å². The van der Waals surface area contributed by atoms with Crippen LogP contribution in [0.1, 0.15) is 58.8 Å². The maximum Gasteiger partial charge on any atom is 0.132 e. The van der Waals surface area contributed by atoms with Gasteiger partial charge in [-0.3, -0.25) is 0 Å². The van der Waals surface area contributed by atoms with Crippen molar-refractivity contribution in [1.82, 2.24) is 4.98 Å². The summed E-state index contributed by atoms with van der Waals surface area (Å²) >= 11 is 0. The lowest BCUT2D eigenvalue weighted by Crippen LogP contribution is -2.12. The Morgan fingerprint density at radius 2 is 2.00 bits per heavy atom. The van der Waals surface area contributed by atoms with E-state index in [1.807, 2.05) is 36.3 Å². The van der Waals surface area contributed by atoms with Crippen LogP contribution in [0, 0.1) is 11.4 Å². The van der Waals surface area contributed by atoms with Gasteiger partial charge in [-0.25, -0.2) is 10.5 Å². The van der Waals surface area contributed by atoms with Gasteiger partial charge in [0.25, 0.3) is 0 Å². The van der Waals surface area contributed by atoms with Crippen LogP contribution in [0.2, 0.25) is 0 Å². The number of allylic oxidation sites excluding steroid dienone is 1. The van der Waals surface area contributed by atoms with Crippen LogP contribution in [-0.2, 0) is 0 Å². The molecular formula is C18H30N4. The number of hydrogen-bond acceptors (Lipinski definition) is 4. The second kappa shape index (κ2) is 10.9. The fraction of sp³-hybridized carbons (Fsp3) is 0.611. The second-order valence-corrected chi connectivity index (χ2v) is 5.92. The van der Waals surface area contributed by atoms with E-state index in [4.69, 9.17) is 5.53 Å². The second-order valence-electron chi connectivity index (χ2n) is 5.92. The molecule has 1 heterocycles. The summed E-state index contributed by atoms with van der Waals surface area (Å²) in [6, 6.07) is 5.82. The van der Waals surface area contributed by atoms with E-state index in [1.165, 1.54) is 38.5 Å². The van der Waals surface area contributed by atoms with E-state index in [1.54, 1.807) is 6.20 Å². The predicted molar refractivity (Wildman–Crippen MR) is 93.0 cm³/mol. The molecule has 0 bridgehead atoms. The molecule has 1 rings (SSSR count). The van der Waals surface area contributed by atoms with Crippen LogP contribution >= 0.6 is 0 Å². The van der Waals surface area contributed by atoms with Crippen LogP contribution in [0.15, 0.2) is 41.4 Å². The molecule has 0 amide bonds. The zero-order valence-corrected chi connectivity index (χ0v) is 14.3. The predicted octanol–water partition coefficient (Wildman–Crippen LogP) is 5.78. The molecule has 1 unspecified atom stereocenters. The number of nitrogens with one attached hydrogen (secondary N) is 1. The van der Waals surface area contributed by atoms with Gasteiger partial charge in [0, 0.05) is 25.4 Å². The Balaban J connectivity index is 2.45. The molecule has 0 aromatic carbocycles. The number of anilines is 1. The SMILES string of the molecule is CCCCCCCCC(C)/C(=C/N(C)c1ccccn1)N=N. The third-order valence-electron chi connectivity index (χ3n) is 3.96. The Morgan fingerprint density at radius 1 is 1.27 bits per heavy atom. The molecule has 0 aliphatic heterocycles. The van der Waals surface area contributed by atoms with Crippen molar-refractivity contribution in [3.63, 3.8) is 0 Å². The average Bonchev–Trinajstić information content (AvgIpc) is 2.56. The van der Waals surface area contributed by atoms with Gasteiger partial charge in [-0.05, 0) is 18.6 Å². The normalized spacial score (nSPS) is 13.0. The van der Waals surface area contributed by atoms with Crippen LogP contribution in [0.5, 0.6) is 0 Å². The number of unbranched alkanes of at least 4 members (excludes halogenated alkanes) is 5. The summed E-state index contributed by atoms with van der Waals surface area (Å²) in [5.74, 6) is 1.19. The number of rotatable bonds is 11. The third-order valence-corrected chi connectivity index (χ3v) is 3.96. The van der Waals surface area contributed by atoms with Gasteiger partial charge in [0.1, 0.15) is 5.82 Å². The highest BCUT2D eigenvalue weighted by atomic mass is 15.2. The van der Waals surface area contributed by atoms with E-state index in [9.17, 15) is 0 Å². The largest absolute Gasteiger partial charge is 0.334 e. The van der Waals surface area contributed by atoms with Crippen LogP contribution in [0.25, 0.3) is 0 Å². The fourth-order valence-electron chi connectivity index (χ4n) is 2.47. The lowest BCUT2D eigenvalue weighted by atomic mass is 9.99. The minimum atomic E-state index is 0.315. The van der Waals surface area contributed by atoms with E-state index >= 15 is 0 Å². The average molecular weight is 302 g/mol. The topological polar surface area (TPSA) is 52.3 Å². The quantitative estimate of drug-likeness (QED) is 0.416. The van der Waals surface area contributed by atoms with Crippen molar-refractivity contribution in [2.75, 3.05) is 11.9 Å². The highest BCUT2D eigenvalue weighted by Gasteiger charge is 2.10. The lowest BCUT2D eigenvalue weighted by Gasteiger charge is -2.17. The minimum Gasteiger partial charge on any atom is -0.334 e. The number of pyridine rings is 1. The molecular weight excluding hydrogens is 272 g/mol. The summed E-state index contributed by atoms with van der Waals surface area (Å²) in [5, 5.41) is 3.72. The molecule has 0 aliphatic rings. The highest BCUT2D eigenvalue weighted by Crippen LogP contribution is 2.21. The van der Waals surface area contributed by atoms with Gasteiger partial charge in [-0.1, -0.05) is 58.4 Å². The van der Waals surface area contributed by atoms with Crippen LogP contribution in [0.4, 0.5) is 5.82 Å². The molecule has 0 radical (unpaired) electrons. The summed E-state index contributed by atoms with van der Waals surface area (Å²) in [5.41, 5.74) is 8.25. The summed E-state index contributed by atoms with van der Waals surface area (Å²) in [7, 11) is 1.95. The van der Waals surface area contributed by atoms with Crippen LogP contribution in [-0.4, -0.2) is 12.0 Å². The first-order chi connectivity index (χ1) is 10.7. The molecule has 1 aromatic heterocycles. The smallest absolute Gasteiger partial charge is 0.132 e. The Bertz CT molecular complexity index is 442. The van der Waals surface area contributed by atoms with Crippen molar-refractivity contribution < 1.29 is 0 Å². The van der Waals surface area contributed by atoms with Crippen molar-refractivity contribution >= 4 is 5.82 Å². The summed E-state index contributed by atoms with van der Waals surface area (Å²) < 4.78 is 0. The Hall–Kier alpha value is -1.71. The standard InChI is InChI=1S/C18H30N4/c1-4-5-6-7-8-9-12-16(2)17(21-19)15-22(3)18-13-10-11-14-20-18/h10-11,13-16,19H,4-9,12H2,1-3H3/b17-15-,21-19?. The van der Waals surface area contributed by atoms with E-state index in [-0.39, 0.29) is 0 Å². The van der Waals surface area contributed by atoms with E-state index in [2.05, 4.69) is 23.9 Å². The molecule has 0 spiro atoms. The van der Waals surface area contributed by atoms with Crippen molar-refractivity contribution in [3.05, 3.63) is 36.3 Å². The summed E-state index contributed by atoms with van der Waals surface area (Å²) in [6.07, 6.45) is 12.6. The molecule has 0 saturated carbocycles. The van der Waals surface area contributed by atoms with Crippen molar-refractivity contribution in [2.24, 2.45) is 11.0 Å². The van der Waals surface area contributed by atoms with Crippen molar-refractivity contribution in [1.29, 1.82) is 5.53 Å². The molecule has 22 heavy (non-hydrogen) atoms. The maximum atomic E-state index is 7.43. The summed E-state index contributed by atoms with van der Waals surface area (Å²) in [6.45, 7) is 4.40. The van der Waals surface area contributed by atoms with Crippen molar-refractivity contribution in [3.8, 4) is 0 Å². The third kappa shape index (κ3) is 6.83. The molecule has 122 valence electrons. The van der Waals surface area contributed by atoms with Gasteiger partial charge in [0.05, 0.1) is 5.70 Å². The molecule has 0 saturated heterocycles. The van der Waals surface area contributed by atoms with Gasteiger partial charge in [0.2, 0.25) is 0 Å². The first-order valence-corrected chi connectivity index (χ1v) is 8.42. The first-order valence-electron chi connectivity index (χ1n) is 8.42. The maximum absolute atomic E-state index is 7.43. The lowest BCUT2D eigenvalue weighted by molar-refractivity contribution is 0.521. The fourth-order valence-corrected chi connectivity index (χ4v) is 2.47. The van der Waals surface area contributed by atoms with Gasteiger partial charge in [0.15, 0.2) is 0 Å². The zero-order chi connectivity index (χ0) is 16.2. The van der Waals surface area contributed by atoms with E-state index < -0.39 is 0 Å². The van der Waals surface area contributed by atoms with Gasteiger partial charge in [-0.2, -0.15) is 5.11 Å². The molecule has 1 aromatic rings. The highest BCUT2D eigenvalue weighted by molar-refractivity contribution is 5.41. The minimum absolute atomic E-state index is 0.315. The Morgan fingerprint density at radius 3 is 2.64 bits per heavy atom. The van der Waals surface area contributed by atoms with Gasteiger partial charge in [-0.15, -0.1) is 0 Å². The van der Waals surface area contributed by atoms with E-state index in [0.717, 1.165) is 17.9 Å². The summed E-state index contributed by atoms with van der Waals surface area (Å²) in [4.78, 5) is 6.24. The van der Waals surface area contributed by atoms with Gasteiger partial charge < -0.3 is 4.90 Å². The molecule has 0 fully saturated rings. The molecule has 1 atom stereocenters. The van der Waals surface area contributed by atoms with E-state index in [0.29, 0.717) is 5.92 Å². The zero-order valence-electron chi connectivity index (χ0n) is 14.3. The number of aromatic nitrogens is 1. The Labute approximate surface area is 135 Å². The van der Waals surface area contributed by atoms with Crippen molar-refractivity contribution in [2.45, 2.75) is 58.8 Å². The van der Waals surface area contributed by atoms with Crippen LogP contribution in [0.3, 0.4) is 0 Å². The molecule has 0 aliphatic carbocycles. The first kappa shape index (κ1) is 18.3. The number of hydrogen-bond donors (Lipinski definition) is 1.